The lowest BCUT2D eigenvalue weighted by atomic mass is 9.76. The van der Waals surface area contributed by atoms with Crippen molar-refractivity contribution in [1.29, 1.82) is 0 Å². The molecule has 4 heteroatoms. The van der Waals surface area contributed by atoms with E-state index >= 15 is 0 Å². The maximum Gasteiger partial charge on any atom is 0.226 e. The molecule has 1 amide bonds. The monoisotopic (exact) mass is 357 g/mol. The van der Waals surface area contributed by atoms with E-state index in [1.165, 1.54) is 37.1 Å². The van der Waals surface area contributed by atoms with E-state index in [1.807, 2.05) is 0 Å². The lowest BCUT2D eigenvalue weighted by molar-refractivity contribution is -0.138. The Hall–Kier alpha value is -1.32. The van der Waals surface area contributed by atoms with Crippen molar-refractivity contribution in [2.45, 2.75) is 84.1 Å². The number of carbonyl (C=O) groups excluding carboxylic acids is 1. The Kier molecular flexibility index (Phi) is 5.11. The van der Waals surface area contributed by atoms with E-state index in [0.717, 1.165) is 62.7 Å². The number of nitrogens with zero attached hydrogens (tertiary/aromatic N) is 3. The van der Waals surface area contributed by atoms with Gasteiger partial charge >= 0.3 is 0 Å². The minimum absolute atomic E-state index is 0.209. The van der Waals surface area contributed by atoms with Crippen LogP contribution in [-0.4, -0.2) is 26.9 Å². The topological polar surface area (TPSA) is 38.1 Å². The van der Waals surface area contributed by atoms with Gasteiger partial charge in [-0.05, 0) is 76.0 Å². The average molecular weight is 358 g/mol. The van der Waals surface area contributed by atoms with Crippen molar-refractivity contribution in [3.63, 3.8) is 0 Å². The maximum atomic E-state index is 13.3. The molecule has 0 radical (unpaired) electrons. The van der Waals surface area contributed by atoms with E-state index in [2.05, 4.69) is 30.4 Å². The van der Waals surface area contributed by atoms with E-state index in [-0.39, 0.29) is 12.0 Å². The number of hydrogen-bond donors (Lipinski definition) is 0. The summed E-state index contributed by atoms with van der Waals surface area (Å²) in [7, 11) is 2.17. The Morgan fingerprint density at radius 3 is 2.46 bits per heavy atom. The first-order chi connectivity index (χ1) is 12.6. The van der Waals surface area contributed by atoms with Gasteiger partial charge in [-0.15, -0.1) is 0 Å². The number of rotatable bonds is 3. The molecule has 0 N–H and O–H groups in total. The SMILES string of the molecule is CC(C)C1CCC(C(=O)N2CCCC2c2nc3c(n2C)CCCC3)CC1. The first kappa shape index (κ1) is 18.1. The summed E-state index contributed by atoms with van der Waals surface area (Å²) in [6.45, 7) is 5.57. The van der Waals surface area contributed by atoms with Crippen LogP contribution in [0, 0.1) is 17.8 Å². The maximum absolute atomic E-state index is 13.3. The quantitative estimate of drug-likeness (QED) is 0.803. The molecule has 4 nitrogen and oxygen atoms in total. The second-order valence-corrected chi connectivity index (χ2v) is 9.17. The highest BCUT2D eigenvalue weighted by atomic mass is 16.2. The van der Waals surface area contributed by atoms with E-state index in [0.29, 0.717) is 5.91 Å². The Labute approximate surface area is 158 Å². The number of aryl methyl sites for hydroxylation is 1. The summed E-state index contributed by atoms with van der Waals surface area (Å²) in [6.07, 6.45) is 11.6. The van der Waals surface area contributed by atoms with Crippen LogP contribution in [0.1, 0.15) is 88.5 Å². The van der Waals surface area contributed by atoms with E-state index in [4.69, 9.17) is 4.98 Å². The van der Waals surface area contributed by atoms with Crippen molar-refractivity contribution in [1.82, 2.24) is 14.5 Å². The van der Waals surface area contributed by atoms with Crippen molar-refractivity contribution in [3.05, 3.63) is 17.2 Å². The fraction of sp³-hybridized carbons (Fsp3) is 0.818. The van der Waals surface area contributed by atoms with Crippen molar-refractivity contribution >= 4 is 5.91 Å². The molecular weight excluding hydrogens is 322 g/mol. The zero-order valence-corrected chi connectivity index (χ0v) is 16.8. The van der Waals surface area contributed by atoms with Gasteiger partial charge in [0, 0.05) is 25.2 Å². The number of hydrogen-bond acceptors (Lipinski definition) is 2. The van der Waals surface area contributed by atoms with Crippen LogP contribution in [0.5, 0.6) is 0 Å². The molecule has 3 aliphatic rings. The third-order valence-corrected chi connectivity index (χ3v) is 7.31. The lowest BCUT2D eigenvalue weighted by Crippen LogP contribution is -2.38. The molecule has 1 unspecified atom stereocenters. The van der Waals surface area contributed by atoms with E-state index in [1.54, 1.807) is 0 Å². The molecule has 1 saturated carbocycles. The molecule has 2 fully saturated rings. The second kappa shape index (κ2) is 7.36. The molecule has 2 heterocycles. The lowest BCUT2D eigenvalue weighted by Gasteiger charge is -2.34. The van der Waals surface area contributed by atoms with Crippen LogP contribution in [-0.2, 0) is 24.7 Å². The van der Waals surface area contributed by atoms with Crippen LogP contribution in [0.4, 0.5) is 0 Å². The average Bonchev–Trinajstić information content (AvgIpc) is 3.26. The summed E-state index contributed by atoms with van der Waals surface area (Å²) in [5.41, 5.74) is 2.72. The van der Waals surface area contributed by atoms with Crippen LogP contribution in [0.3, 0.4) is 0 Å². The Morgan fingerprint density at radius 1 is 1.04 bits per heavy atom. The standard InChI is InChI=1S/C22H35N3O/c1-15(2)16-10-12-17(13-11-16)22(26)25-14-6-9-20(25)21-23-18-7-4-5-8-19(18)24(21)3/h15-17,20H,4-14H2,1-3H3. The molecule has 1 atom stereocenters. The van der Waals surface area contributed by atoms with Crippen molar-refractivity contribution < 1.29 is 4.79 Å². The van der Waals surface area contributed by atoms with Gasteiger partial charge < -0.3 is 9.47 Å². The molecule has 1 aliphatic heterocycles. The third kappa shape index (κ3) is 3.20. The molecular formula is C22H35N3O. The van der Waals surface area contributed by atoms with Crippen molar-refractivity contribution in [2.24, 2.45) is 24.8 Å². The summed E-state index contributed by atoms with van der Waals surface area (Å²) in [5.74, 6) is 3.38. The summed E-state index contributed by atoms with van der Waals surface area (Å²) >= 11 is 0. The normalized spacial score (nSPS) is 29.2. The van der Waals surface area contributed by atoms with Gasteiger partial charge in [-0.25, -0.2) is 4.98 Å². The highest BCUT2D eigenvalue weighted by molar-refractivity contribution is 5.79. The van der Waals surface area contributed by atoms with Crippen LogP contribution < -0.4 is 0 Å². The molecule has 1 saturated heterocycles. The Bertz CT molecular complexity index is 655. The zero-order chi connectivity index (χ0) is 18.3. The van der Waals surface area contributed by atoms with Gasteiger partial charge in [0.25, 0.3) is 0 Å². The molecule has 0 spiro atoms. The van der Waals surface area contributed by atoms with Crippen molar-refractivity contribution in [2.75, 3.05) is 6.54 Å². The Morgan fingerprint density at radius 2 is 1.77 bits per heavy atom. The largest absolute Gasteiger partial charge is 0.333 e. The first-order valence-electron chi connectivity index (χ1n) is 10.9. The molecule has 0 aromatic carbocycles. The van der Waals surface area contributed by atoms with Crippen LogP contribution in [0.15, 0.2) is 0 Å². The van der Waals surface area contributed by atoms with Gasteiger partial charge in [-0.2, -0.15) is 0 Å². The van der Waals surface area contributed by atoms with Gasteiger partial charge in [0.1, 0.15) is 5.82 Å². The zero-order valence-electron chi connectivity index (χ0n) is 16.8. The number of likely N-dealkylation sites (tertiary alicyclic amines) is 1. The summed E-state index contributed by atoms with van der Waals surface area (Å²) in [5, 5.41) is 0. The highest BCUT2D eigenvalue weighted by Crippen LogP contribution is 2.39. The second-order valence-electron chi connectivity index (χ2n) is 9.17. The summed E-state index contributed by atoms with van der Waals surface area (Å²) < 4.78 is 2.32. The number of imidazole rings is 1. The Balaban J connectivity index is 1.49. The third-order valence-electron chi connectivity index (χ3n) is 7.31. The molecule has 1 aromatic heterocycles. The van der Waals surface area contributed by atoms with Gasteiger partial charge in [-0.3, -0.25) is 4.79 Å². The predicted octanol–water partition coefficient (Wildman–Crippen LogP) is 4.42. The smallest absolute Gasteiger partial charge is 0.226 e. The number of aromatic nitrogens is 2. The van der Waals surface area contributed by atoms with Gasteiger partial charge in [0.15, 0.2) is 0 Å². The number of carbonyl (C=O) groups is 1. The van der Waals surface area contributed by atoms with Crippen LogP contribution in [0.25, 0.3) is 0 Å². The predicted molar refractivity (Wildman–Crippen MR) is 104 cm³/mol. The fourth-order valence-electron chi connectivity index (χ4n) is 5.57. The highest BCUT2D eigenvalue weighted by Gasteiger charge is 2.38. The van der Waals surface area contributed by atoms with Gasteiger partial charge in [0.05, 0.1) is 11.7 Å². The van der Waals surface area contributed by atoms with E-state index < -0.39 is 0 Å². The molecule has 144 valence electrons. The summed E-state index contributed by atoms with van der Waals surface area (Å²) in [4.78, 5) is 20.5. The molecule has 0 bridgehead atoms. The summed E-state index contributed by atoms with van der Waals surface area (Å²) in [6, 6.07) is 0.209. The van der Waals surface area contributed by atoms with Gasteiger partial charge in [0.2, 0.25) is 5.91 Å². The number of fused-ring (bicyclic) bond motifs is 1. The van der Waals surface area contributed by atoms with E-state index in [9.17, 15) is 4.79 Å². The first-order valence-corrected chi connectivity index (χ1v) is 10.9. The molecule has 26 heavy (non-hydrogen) atoms. The molecule has 4 rings (SSSR count). The number of amides is 1. The van der Waals surface area contributed by atoms with Crippen LogP contribution >= 0.6 is 0 Å². The minimum Gasteiger partial charge on any atom is -0.333 e. The fourth-order valence-corrected chi connectivity index (χ4v) is 5.57. The molecule has 2 aliphatic carbocycles. The van der Waals surface area contributed by atoms with Crippen LogP contribution in [0.2, 0.25) is 0 Å². The molecule has 1 aromatic rings. The van der Waals surface area contributed by atoms with Gasteiger partial charge in [-0.1, -0.05) is 13.8 Å². The van der Waals surface area contributed by atoms with Crippen molar-refractivity contribution in [3.8, 4) is 0 Å². The minimum atomic E-state index is 0.209.